The van der Waals surface area contributed by atoms with E-state index in [9.17, 15) is 0 Å². The summed E-state index contributed by atoms with van der Waals surface area (Å²) in [5.74, 6) is 0. The number of benzene rings is 2. The highest BCUT2D eigenvalue weighted by molar-refractivity contribution is 5.82. The largest absolute Gasteiger partial charge is 0.0762 e. The topological polar surface area (TPSA) is 0 Å². The van der Waals surface area contributed by atoms with Gasteiger partial charge in [-0.15, -0.1) is 0 Å². The molecule has 0 unspecified atom stereocenters. The van der Waals surface area contributed by atoms with Crippen molar-refractivity contribution >= 4 is 10.8 Å². The van der Waals surface area contributed by atoms with Gasteiger partial charge in [0.05, 0.1) is 0 Å². The average Bonchev–Trinajstić information content (AvgIpc) is 2.52. The second-order valence-electron chi connectivity index (χ2n) is 5.93. The number of aryl methyl sites for hydroxylation is 1. The highest BCUT2D eigenvalue weighted by Crippen LogP contribution is 2.20. The third-order valence-corrected chi connectivity index (χ3v) is 3.60. The summed E-state index contributed by atoms with van der Waals surface area (Å²) in [5, 5.41) is 2.66. The Bertz CT molecular complexity index is 654. The molecule has 0 aromatic heterocycles. The molecule has 0 fully saturated rings. The van der Waals surface area contributed by atoms with Crippen molar-refractivity contribution in [2.75, 3.05) is 0 Å². The van der Waals surface area contributed by atoms with Gasteiger partial charge in [0.2, 0.25) is 0 Å². The van der Waals surface area contributed by atoms with Gasteiger partial charge >= 0.3 is 0 Å². The Balaban J connectivity index is 0.00000155. The van der Waals surface area contributed by atoms with Gasteiger partial charge in [-0.3, -0.25) is 0 Å². The minimum absolute atomic E-state index is 0. The Hall–Kier alpha value is -1.82. The van der Waals surface area contributed by atoms with Crippen molar-refractivity contribution in [1.29, 1.82) is 0 Å². The second kappa shape index (κ2) is 9.25. The van der Waals surface area contributed by atoms with Crippen LogP contribution in [0, 0.1) is 0 Å². The maximum absolute atomic E-state index is 2.32. The first-order valence-corrected chi connectivity index (χ1v) is 8.35. The smallest absolute Gasteiger partial charge is 0 e. The summed E-state index contributed by atoms with van der Waals surface area (Å²) < 4.78 is 0. The average molecular weight is 296 g/mol. The number of fused-ring (bicyclic) bond motifs is 1. The summed E-state index contributed by atoms with van der Waals surface area (Å²) in [6.07, 6.45) is 4.54. The lowest BCUT2D eigenvalue weighted by molar-refractivity contribution is 0.946. The third kappa shape index (κ3) is 5.52. The molecule has 2 aromatic rings. The lowest BCUT2D eigenvalue weighted by Gasteiger charge is -2.08. The van der Waals surface area contributed by atoms with Crippen LogP contribution in [0.1, 0.15) is 55.0 Å². The van der Waals surface area contributed by atoms with E-state index in [0.717, 1.165) is 12.8 Å². The van der Waals surface area contributed by atoms with Crippen LogP contribution in [0.5, 0.6) is 0 Å². The first kappa shape index (κ1) is 18.2. The van der Waals surface area contributed by atoms with Gasteiger partial charge in [0.15, 0.2) is 0 Å². The second-order valence-corrected chi connectivity index (χ2v) is 5.93. The lowest BCUT2D eigenvalue weighted by atomic mass is 9.98. The quantitative estimate of drug-likeness (QED) is 0.517. The first-order valence-electron chi connectivity index (χ1n) is 8.35. The summed E-state index contributed by atoms with van der Waals surface area (Å²) >= 11 is 0. The van der Waals surface area contributed by atoms with Crippen molar-refractivity contribution < 1.29 is 1.43 Å². The minimum Gasteiger partial charge on any atom is -0.0762 e. The fourth-order valence-electron chi connectivity index (χ4n) is 2.49. The zero-order valence-electron chi connectivity index (χ0n) is 15.0. The molecule has 0 spiro atoms. The Kier molecular flexibility index (Phi) is 7.66. The molecule has 0 bridgehead atoms. The van der Waals surface area contributed by atoms with Gasteiger partial charge in [-0.05, 0) is 62.4 Å². The van der Waals surface area contributed by atoms with Gasteiger partial charge in [-0.2, -0.15) is 0 Å². The van der Waals surface area contributed by atoms with Crippen molar-refractivity contribution in [3.05, 3.63) is 70.8 Å². The molecule has 120 valence electrons. The van der Waals surface area contributed by atoms with Gasteiger partial charge in [-0.25, -0.2) is 0 Å². The molecule has 0 nitrogen and oxygen atoms in total. The van der Waals surface area contributed by atoms with E-state index >= 15 is 0 Å². The van der Waals surface area contributed by atoms with Crippen LogP contribution in [0.15, 0.2) is 65.3 Å². The summed E-state index contributed by atoms with van der Waals surface area (Å²) in [4.78, 5) is 0. The van der Waals surface area contributed by atoms with Gasteiger partial charge in [0.25, 0.3) is 0 Å². The van der Waals surface area contributed by atoms with Crippen molar-refractivity contribution in [3.63, 3.8) is 0 Å². The number of hydrogen-bond acceptors (Lipinski definition) is 0. The molecule has 2 rings (SSSR count). The molecular weight excluding hydrogens is 264 g/mol. The van der Waals surface area contributed by atoms with Crippen LogP contribution in [0.4, 0.5) is 0 Å². The van der Waals surface area contributed by atoms with Crippen molar-refractivity contribution in [2.24, 2.45) is 0 Å². The number of allylic oxidation sites excluding steroid dienone is 4. The van der Waals surface area contributed by atoms with E-state index in [4.69, 9.17) is 0 Å². The van der Waals surface area contributed by atoms with Gasteiger partial charge in [-0.1, -0.05) is 73.5 Å². The van der Waals surface area contributed by atoms with Gasteiger partial charge < -0.3 is 0 Å². The lowest BCUT2D eigenvalue weighted by Crippen LogP contribution is -1.90. The van der Waals surface area contributed by atoms with Crippen LogP contribution in [0.2, 0.25) is 0 Å². The maximum Gasteiger partial charge on any atom is 0 e. The van der Waals surface area contributed by atoms with Crippen LogP contribution in [-0.4, -0.2) is 0 Å². The molecule has 0 saturated carbocycles. The van der Waals surface area contributed by atoms with Gasteiger partial charge in [0.1, 0.15) is 0 Å². The molecular formula is C22H32. The van der Waals surface area contributed by atoms with E-state index in [1.54, 1.807) is 0 Å². The summed E-state index contributed by atoms with van der Waals surface area (Å²) in [7, 11) is 0. The summed E-state index contributed by atoms with van der Waals surface area (Å²) in [5.41, 5.74) is 5.69. The van der Waals surface area contributed by atoms with Crippen LogP contribution in [0.3, 0.4) is 0 Å². The first-order chi connectivity index (χ1) is 10.6. The summed E-state index contributed by atoms with van der Waals surface area (Å²) in [6.45, 7) is 12.7. The predicted octanol–water partition coefficient (Wildman–Crippen LogP) is 7.35. The summed E-state index contributed by atoms with van der Waals surface area (Å²) in [6, 6.07) is 15.4. The van der Waals surface area contributed by atoms with Crippen LogP contribution in [-0.2, 0) is 6.42 Å². The monoisotopic (exact) mass is 296 g/mol. The molecule has 0 heteroatoms. The van der Waals surface area contributed by atoms with E-state index in [0.29, 0.717) is 0 Å². The molecule has 0 saturated heterocycles. The van der Waals surface area contributed by atoms with Gasteiger partial charge in [0, 0.05) is 1.43 Å². The van der Waals surface area contributed by atoms with E-state index < -0.39 is 0 Å². The van der Waals surface area contributed by atoms with Crippen molar-refractivity contribution in [3.8, 4) is 0 Å². The van der Waals surface area contributed by atoms with E-state index in [-0.39, 0.29) is 1.43 Å². The fraction of sp³-hybridized carbons (Fsp3) is 0.364. The third-order valence-electron chi connectivity index (χ3n) is 3.60. The zero-order valence-corrected chi connectivity index (χ0v) is 15.0. The molecule has 0 aliphatic heterocycles. The normalized spacial score (nSPS) is 9.73. The number of rotatable bonds is 4. The van der Waals surface area contributed by atoms with E-state index in [2.05, 4.69) is 76.2 Å². The molecule has 2 aromatic carbocycles. The molecule has 22 heavy (non-hydrogen) atoms. The number of hydrogen-bond donors (Lipinski definition) is 0. The van der Waals surface area contributed by atoms with Crippen LogP contribution < -0.4 is 0 Å². The van der Waals surface area contributed by atoms with E-state index in [1.807, 2.05) is 13.8 Å². The Labute approximate surface area is 138 Å². The minimum atomic E-state index is 0. The molecule has 0 aliphatic rings. The fourth-order valence-corrected chi connectivity index (χ4v) is 2.49. The predicted molar refractivity (Wildman–Crippen MR) is 104 cm³/mol. The Morgan fingerprint density at radius 2 is 1.55 bits per heavy atom. The van der Waals surface area contributed by atoms with Crippen molar-refractivity contribution in [2.45, 2.75) is 54.4 Å². The molecule has 0 atom stereocenters. The maximum atomic E-state index is 2.32. The highest BCUT2D eigenvalue weighted by Gasteiger charge is 2.00. The molecule has 0 radical (unpaired) electrons. The van der Waals surface area contributed by atoms with Crippen LogP contribution in [0.25, 0.3) is 10.8 Å². The SMILES string of the molecule is CC.CC(C)=CC(CCc1ccc2ccccc2c1)=C(C)C.[HH]. The molecule has 0 heterocycles. The van der Waals surface area contributed by atoms with Crippen molar-refractivity contribution in [1.82, 2.24) is 0 Å². The Morgan fingerprint density at radius 3 is 2.14 bits per heavy atom. The molecule has 0 aliphatic carbocycles. The zero-order chi connectivity index (χ0) is 16.5. The molecule has 0 amide bonds. The Morgan fingerprint density at radius 1 is 0.909 bits per heavy atom. The van der Waals surface area contributed by atoms with E-state index in [1.165, 1.54) is 33.1 Å². The molecule has 0 N–H and O–H groups in total. The standard InChI is InChI=1S/C20H24.C2H6.H2/c1-15(2)13-19(16(3)4)12-10-17-9-11-18-7-5-6-8-20(18)14-17;1-2;/h5-9,11,13-14H,10,12H2,1-4H3;1-2H3;1H. The van der Waals surface area contributed by atoms with Crippen LogP contribution >= 0.6 is 0 Å². The highest BCUT2D eigenvalue weighted by atomic mass is 14.1.